The van der Waals surface area contributed by atoms with E-state index in [-0.39, 0.29) is 18.6 Å². The molecule has 0 saturated carbocycles. The molecular weight excluding hydrogens is 197 g/mol. The molecule has 0 spiro atoms. The Hall–Kier alpha value is -0.380. The Balaban J connectivity index is 0.00000121. The Kier molecular flexibility index (Phi) is 5.13. The van der Waals surface area contributed by atoms with Gasteiger partial charge in [0.15, 0.2) is 0 Å². The molecule has 1 aliphatic rings. The van der Waals surface area contributed by atoms with Gasteiger partial charge in [0, 0.05) is 23.7 Å². The normalized spacial score (nSPS) is 25.1. The summed E-state index contributed by atoms with van der Waals surface area (Å²) in [4.78, 5) is 8.14. The van der Waals surface area contributed by atoms with E-state index in [0.717, 1.165) is 17.8 Å². The van der Waals surface area contributed by atoms with Gasteiger partial charge in [0.2, 0.25) is 0 Å². The van der Waals surface area contributed by atoms with Crippen molar-refractivity contribution in [2.24, 2.45) is 15.7 Å². The molecule has 0 aromatic carbocycles. The van der Waals surface area contributed by atoms with E-state index < -0.39 is 0 Å². The lowest BCUT2D eigenvalue weighted by atomic mass is 10.2. The Morgan fingerprint density at radius 1 is 1.75 bits per heavy atom. The van der Waals surface area contributed by atoms with Crippen molar-refractivity contribution in [1.82, 2.24) is 0 Å². The highest BCUT2D eigenvalue weighted by molar-refractivity contribution is 6.27. The molecule has 1 unspecified atom stereocenters. The van der Waals surface area contributed by atoms with Gasteiger partial charge in [-0.25, -0.2) is 9.98 Å². The third kappa shape index (κ3) is 2.59. The summed E-state index contributed by atoms with van der Waals surface area (Å²) in [6.45, 7) is 1.98. The van der Waals surface area contributed by atoms with Crippen LogP contribution in [-0.4, -0.2) is 18.2 Å². The van der Waals surface area contributed by atoms with Crippen molar-refractivity contribution in [2.45, 2.75) is 19.5 Å². The van der Waals surface area contributed by atoms with Crippen LogP contribution in [0.3, 0.4) is 0 Å². The number of rotatable bonds is 1. The van der Waals surface area contributed by atoms with Gasteiger partial charge in [0.05, 0.1) is 0 Å². The standard InChI is InChI=1S/C7H10ClN3.ClH/c1-2-6-10-4-5(3-8)7(9)11-6;/h3-4,7H,2,9H2,1H3;1H. The Bertz CT molecular complexity index is 233. The average Bonchev–Trinajstić information content (AvgIpc) is 2.04. The fourth-order valence-corrected chi connectivity index (χ4v) is 0.955. The van der Waals surface area contributed by atoms with Crippen LogP contribution in [0.5, 0.6) is 0 Å². The van der Waals surface area contributed by atoms with E-state index >= 15 is 0 Å². The molecule has 1 rings (SSSR count). The van der Waals surface area contributed by atoms with Gasteiger partial charge in [0.1, 0.15) is 12.0 Å². The molecule has 1 aliphatic heterocycles. The molecule has 0 radical (unpaired) electrons. The summed E-state index contributed by atoms with van der Waals surface area (Å²) in [7, 11) is 0. The van der Waals surface area contributed by atoms with Crippen molar-refractivity contribution >= 4 is 36.1 Å². The maximum atomic E-state index is 5.62. The van der Waals surface area contributed by atoms with Crippen molar-refractivity contribution in [1.29, 1.82) is 0 Å². The number of hydrogen-bond acceptors (Lipinski definition) is 3. The summed E-state index contributed by atoms with van der Waals surface area (Å²) in [6.07, 6.45) is 2.13. The van der Waals surface area contributed by atoms with E-state index in [0.29, 0.717) is 0 Å². The third-order valence-electron chi connectivity index (χ3n) is 1.43. The summed E-state index contributed by atoms with van der Waals surface area (Å²) in [5, 5.41) is 0. The second-order valence-corrected chi connectivity index (χ2v) is 2.43. The second-order valence-electron chi connectivity index (χ2n) is 2.21. The van der Waals surface area contributed by atoms with Crippen molar-refractivity contribution in [3.8, 4) is 0 Å². The minimum atomic E-state index is -0.333. The fourth-order valence-electron chi connectivity index (χ4n) is 0.769. The summed E-state index contributed by atoms with van der Waals surface area (Å²) in [5.41, 5.74) is 7.78. The van der Waals surface area contributed by atoms with Crippen LogP contribution in [0.4, 0.5) is 0 Å². The number of halogens is 2. The molecule has 2 N–H and O–H groups in total. The van der Waals surface area contributed by atoms with Crippen molar-refractivity contribution < 1.29 is 0 Å². The van der Waals surface area contributed by atoms with E-state index in [1.807, 2.05) is 6.92 Å². The zero-order valence-corrected chi connectivity index (χ0v) is 8.27. The van der Waals surface area contributed by atoms with Crippen LogP contribution in [0.2, 0.25) is 0 Å². The molecule has 5 heteroatoms. The predicted octanol–water partition coefficient (Wildman–Crippen LogP) is 1.71. The lowest BCUT2D eigenvalue weighted by Crippen LogP contribution is -2.25. The molecule has 0 aliphatic carbocycles. The largest absolute Gasteiger partial charge is 0.306 e. The average molecular weight is 208 g/mol. The Morgan fingerprint density at radius 3 is 2.83 bits per heavy atom. The van der Waals surface area contributed by atoms with Gasteiger partial charge >= 0.3 is 0 Å². The lowest BCUT2D eigenvalue weighted by Gasteiger charge is -2.12. The highest BCUT2D eigenvalue weighted by Crippen LogP contribution is 2.07. The van der Waals surface area contributed by atoms with E-state index in [1.165, 1.54) is 5.54 Å². The first kappa shape index (κ1) is 11.6. The van der Waals surface area contributed by atoms with E-state index in [9.17, 15) is 0 Å². The first-order valence-corrected chi connectivity index (χ1v) is 3.88. The van der Waals surface area contributed by atoms with Crippen LogP contribution in [0.15, 0.2) is 21.1 Å². The van der Waals surface area contributed by atoms with Crippen LogP contribution in [0.1, 0.15) is 13.3 Å². The minimum absolute atomic E-state index is 0. The van der Waals surface area contributed by atoms with Crippen LogP contribution in [0, 0.1) is 0 Å². The molecule has 1 atom stereocenters. The summed E-state index contributed by atoms with van der Waals surface area (Å²) >= 11 is 5.46. The zero-order valence-electron chi connectivity index (χ0n) is 6.70. The van der Waals surface area contributed by atoms with E-state index in [2.05, 4.69) is 9.98 Å². The van der Waals surface area contributed by atoms with E-state index in [1.54, 1.807) is 6.21 Å². The molecule has 68 valence electrons. The molecule has 0 aromatic heterocycles. The number of hydrogen-bond donors (Lipinski definition) is 1. The number of nitrogens with zero attached hydrogens (tertiary/aromatic N) is 2. The highest BCUT2D eigenvalue weighted by atomic mass is 35.5. The number of aliphatic imine (C=N–C) groups is 2. The fraction of sp³-hybridized carbons (Fsp3) is 0.429. The second kappa shape index (κ2) is 5.30. The smallest absolute Gasteiger partial charge is 0.127 e. The maximum absolute atomic E-state index is 5.62. The van der Waals surface area contributed by atoms with Gasteiger partial charge in [-0.3, -0.25) is 0 Å². The van der Waals surface area contributed by atoms with Gasteiger partial charge in [-0.1, -0.05) is 18.5 Å². The van der Waals surface area contributed by atoms with Crippen LogP contribution in [-0.2, 0) is 0 Å². The molecule has 0 saturated heterocycles. The first-order valence-electron chi connectivity index (χ1n) is 3.44. The van der Waals surface area contributed by atoms with Crippen molar-refractivity contribution in [2.75, 3.05) is 0 Å². The number of nitrogens with two attached hydrogens (primary N) is 1. The van der Waals surface area contributed by atoms with Gasteiger partial charge in [0.25, 0.3) is 0 Å². The Labute approximate surface area is 82.8 Å². The van der Waals surface area contributed by atoms with Crippen LogP contribution < -0.4 is 5.73 Å². The minimum Gasteiger partial charge on any atom is -0.306 e. The maximum Gasteiger partial charge on any atom is 0.127 e. The topological polar surface area (TPSA) is 50.7 Å². The van der Waals surface area contributed by atoms with Crippen molar-refractivity contribution in [3.05, 3.63) is 11.1 Å². The molecule has 0 amide bonds. The van der Waals surface area contributed by atoms with E-state index in [4.69, 9.17) is 17.3 Å². The molecule has 0 aromatic rings. The Morgan fingerprint density at radius 2 is 2.42 bits per heavy atom. The number of amidine groups is 1. The molecular formula is C7H11Cl2N3. The molecule has 12 heavy (non-hydrogen) atoms. The molecule has 1 heterocycles. The van der Waals surface area contributed by atoms with Crippen molar-refractivity contribution in [3.63, 3.8) is 0 Å². The van der Waals surface area contributed by atoms with Crippen LogP contribution in [0.25, 0.3) is 0 Å². The summed E-state index contributed by atoms with van der Waals surface area (Å²) < 4.78 is 0. The van der Waals surface area contributed by atoms with Gasteiger partial charge in [-0.2, -0.15) is 0 Å². The molecule has 0 bridgehead atoms. The summed E-state index contributed by atoms with van der Waals surface area (Å²) in [6, 6.07) is 0. The SMILES string of the molecule is CCC1=NC(N)C(=CCl)C=N1.Cl. The summed E-state index contributed by atoms with van der Waals surface area (Å²) in [5.74, 6) is 0.778. The first-order chi connectivity index (χ1) is 5.27. The molecule has 3 nitrogen and oxygen atoms in total. The van der Waals surface area contributed by atoms with Gasteiger partial charge < -0.3 is 5.73 Å². The highest BCUT2D eigenvalue weighted by Gasteiger charge is 2.10. The van der Waals surface area contributed by atoms with Gasteiger partial charge in [-0.05, 0) is 0 Å². The van der Waals surface area contributed by atoms with Gasteiger partial charge in [-0.15, -0.1) is 12.4 Å². The lowest BCUT2D eigenvalue weighted by molar-refractivity contribution is 0.839. The predicted molar refractivity (Wildman–Crippen MR) is 55.4 cm³/mol. The monoisotopic (exact) mass is 207 g/mol. The molecule has 0 fully saturated rings. The quantitative estimate of drug-likeness (QED) is 0.700. The van der Waals surface area contributed by atoms with Crippen LogP contribution >= 0.6 is 24.0 Å². The third-order valence-corrected chi connectivity index (χ3v) is 1.69. The zero-order chi connectivity index (χ0) is 8.27.